The number of nitrogens with one attached hydrogen (secondary N) is 1. The number of benzene rings is 3. The van der Waals surface area contributed by atoms with E-state index < -0.39 is 12.5 Å². The first-order chi connectivity index (χ1) is 15.0. The first kappa shape index (κ1) is 20.7. The Bertz CT molecular complexity index is 1220. The summed E-state index contributed by atoms with van der Waals surface area (Å²) in [6, 6.07) is 20.7. The van der Waals surface area contributed by atoms with Crippen LogP contribution in [-0.2, 0) is 6.61 Å². The second kappa shape index (κ2) is 9.06. The maximum atomic E-state index is 12.4. The molecule has 0 fully saturated rings. The molecule has 4 aromatic rings. The molecular formula is C23H16ClF2NO4. The fourth-order valence-corrected chi connectivity index (χ4v) is 3.24. The molecule has 0 spiro atoms. The average Bonchev–Trinajstić information content (AvgIpc) is 3.23. The molecule has 158 valence electrons. The number of rotatable bonds is 7. The molecule has 1 aromatic heterocycles. The highest BCUT2D eigenvalue weighted by molar-refractivity contribution is 6.32. The fourth-order valence-electron chi connectivity index (χ4n) is 3.01. The van der Waals surface area contributed by atoms with Crippen LogP contribution >= 0.6 is 11.6 Å². The molecule has 0 aliphatic heterocycles. The summed E-state index contributed by atoms with van der Waals surface area (Å²) in [7, 11) is 0. The first-order valence-electron chi connectivity index (χ1n) is 9.24. The van der Waals surface area contributed by atoms with Crippen molar-refractivity contribution in [3.05, 3.63) is 89.3 Å². The number of hydrogen-bond acceptors (Lipinski definition) is 4. The highest BCUT2D eigenvalue weighted by Gasteiger charge is 2.14. The Labute approximate surface area is 181 Å². The van der Waals surface area contributed by atoms with E-state index in [9.17, 15) is 13.6 Å². The van der Waals surface area contributed by atoms with Crippen LogP contribution < -0.4 is 14.8 Å². The van der Waals surface area contributed by atoms with Crippen molar-refractivity contribution in [1.82, 2.24) is 0 Å². The van der Waals surface area contributed by atoms with Crippen molar-refractivity contribution in [1.29, 1.82) is 0 Å². The molecule has 0 unspecified atom stereocenters. The predicted molar refractivity (Wildman–Crippen MR) is 113 cm³/mol. The van der Waals surface area contributed by atoms with Gasteiger partial charge in [-0.3, -0.25) is 4.79 Å². The van der Waals surface area contributed by atoms with Crippen LogP contribution in [0.2, 0.25) is 5.02 Å². The smallest absolute Gasteiger partial charge is 0.387 e. The third-order valence-corrected chi connectivity index (χ3v) is 4.71. The Kier molecular flexibility index (Phi) is 6.04. The summed E-state index contributed by atoms with van der Waals surface area (Å²) in [5.74, 6) is 0.550. The summed E-state index contributed by atoms with van der Waals surface area (Å²) >= 11 is 5.90. The van der Waals surface area contributed by atoms with Crippen LogP contribution in [0.1, 0.15) is 16.3 Å². The third kappa shape index (κ3) is 4.95. The molecule has 1 amide bonds. The Hall–Kier alpha value is -3.58. The number of halogens is 3. The number of anilines is 1. The van der Waals surface area contributed by atoms with Crippen molar-refractivity contribution in [2.45, 2.75) is 13.2 Å². The first-order valence-corrected chi connectivity index (χ1v) is 9.62. The van der Waals surface area contributed by atoms with Gasteiger partial charge in [-0.2, -0.15) is 8.78 Å². The number of furan rings is 1. The lowest BCUT2D eigenvalue weighted by Gasteiger charge is -2.09. The van der Waals surface area contributed by atoms with Crippen LogP contribution in [0.25, 0.3) is 10.8 Å². The van der Waals surface area contributed by atoms with Gasteiger partial charge in [0.2, 0.25) is 0 Å². The van der Waals surface area contributed by atoms with Gasteiger partial charge in [0.15, 0.2) is 5.76 Å². The summed E-state index contributed by atoms with van der Waals surface area (Å²) in [5.41, 5.74) is 0.307. The Morgan fingerprint density at radius 1 is 1.00 bits per heavy atom. The number of carbonyl (C=O) groups is 1. The second-order valence-electron chi connectivity index (χ2n) is 6.51. The highest BCUT2D eigenvalue weighted by Crippen LogP contribution is 2.29. The number of hydrogen-bond donors (Lipinski definition) is 1. The largest absolute Gasteiger partial charge is 0.485 e. The van der Waals surface area contributed by atoms with E-state index in [0.717, 1.165) is 10.8 Å². The minimum atomic E-state index is -2.99. The maximum absolute atomic E-state index is 12.4. The van der Waals surface area contributed by atoms with Gasteiger partial charge in [0, 0.05) is 11.1 Å². The molecule has 4 rings (SSSR count). The fraction of sp³-hybridized carbons (Fsp3) is 0.0870. The van der Waals surface area contributed by atoms with Crippen molar-refractivity contribution >= 4 is 34.0 Å². The minimum absolute atomic E-state index is 0.0540. The molecule has 0 atom stereocenters. The summed E-state index contributed by atoms with van der Waals surface area (Å²) in [6.07, 6.45) is 0. The molecule has 0 aliphatic rings. The summed E-state index contributed by atoms with van der Waals surface area (Å²) < 4.78 is 40.3. The monoisotopic (exact) mass is 443 g/mol. The van der Waals surface area contributed by atoms with E-state index in [0.29, 0.717) is 17.2 Å². The third-order valence-electron chi connectivity index (χ3n) is 4.41. The zero-order valence-electron chi connectivity index (χ0n) is 16.0. The topological polar surface area (TPSA) is 60.7 Å². The number of ether oxygens (including phenoxy) is 2. The highest BCUT2D eigenvalue weighted by atomic mass is 35.5. The van der Waals surface area contributed by atoms with Crippen LogP contribution in [0, 0.1) is 0 Å². The standard InChI is InChI=1S/C23H16ClF2NO4/c24-18-12-15(8-10-20(18)31-23(25)26)27-22(28)21-11-9-16(30-21)13-29-19-7-3-5-14-4-1-2-6-17(14)19/h1-12,23H,13H2,(H,27,28). The molecule has 1 heterocycles. The molecular weight excluding hydrogens is 428 g/mol. The molecule has 0 saturated carbocycles. The maximum Gasteiger partial charge on any atom is 0.387 e. The van der Waals surface area contributed by atoms with Gasteiger partial charge in [-0.1, -0.05) is 48.0 Å². The van der Waals surface area contributed by atoms with Gasteiger partial charge in [-0.25, -0.2) is 0 Å². The van der Waals surface area contributed by atoms with Gasteiger partial charge in [0.25, 0.3) is 5.91 Å². The molecule has 3 aromatic carbocycles. The SMILES string of the molecule is O=C(Nc1ccc(OC(F)F)c(Cl)c1)c1ccc(COc2cccc3ccccc23)o1. The van der Waals surface area contributed by atoms with Gasteiger partial charge in [0.1, 0.15) is 23.9 Å². The van der Waals surface area contributed by atoms with Crippen molar-refractivity contribution < 1.29 is 27.5 Å². The van der Waals surface area contributed by atoms with E-state index in [1.54, 1.807) is 6.07 Å². The van der Waals surface area contributed by atoms with Crippen molar-refractivity contribution in [3.63, 3.8) is 0 Å². The number of carbonyl (C=O) groups excluding carboxylic acids is 1. The van der Waals surface area contributed by atoms with Gasteiger partial charge >= 0.3 is 6.61 Å². The normalized spacial score (nSPS) is 11.0. The van der Waals surface area contributed by atoms with E-state index in [1.165, 1.54) is 24.3 Å². The lowest BCUT2D eigenvalue weighted by atomic mass is 10.1. The van der Waals surface area contributed by atoms with Gasteiger partial charge in [-0.15, -0.1) is 0 Å². The second-order valence-corrected chi connectivity index (χ2v) is 6.92. The zero-order valence-corrected chi connectivity index (χ0v) is 16.7. The van der Waals surface area contributed by atoms with Crippen molar-refractivity contribution in [2.24, 2.45) is 0 Å². The van der Waals surface area contributed by atoms with E-state index in [-0.39, 0.29) is 23.1 Å². The van der Waals surface area contributed by atoms with Gasteiger partial charge < -0.3 is 19.2 Å². The van der Waals surface area contributed by atoms with E-state index in [4.69, 9.17) is 20.8 Å². The van der Waals surface area contributed by atoms with E-state index in [2.05, 4.69) is 10.1 Å². The minimum Gasteiger partial charge on any atom is -0.485 e. The summed E-state index contributed by atoms with van der Waals surface area (Å²) in [5, 5.41) is 4.57. The molecule has 0 aliphatic carbocycles. The zero-order chi connectivity index (χ0) is 21.8. The lowest BCUT2D eigenvalue weighted by Crippen LogP contribution is -2.11. The quantitative estimate of drug-likeness (QED) is 0.353. The number of amides is 1. The van der Waals surface area contributed by atoms with Crippen LogP contribution in [-0.4, -0.2) is 12.5 Å². The van der Waals surface area contributed by atoms with Gasteiger partial charge in [0.05, 0.1) is 5.02 Å². The van der Waals surface area contributed by atoms with Crippen LogP contribution in [0.5, 0.6) is 11.5 Å². The number of alkyl halides is 2. The summed E-state index contributed by atoms with van der Waals surface area (Å²) in [6.45, 7) is -2.84. The molecule has 0 bridgehead atoms. The molecule has 1 N–H and O–H groups in total. The Morgan fingerprint density at radius 3 is 2.61 bits per heavy atom. The predicted octanol–water partition coefficient (Wildman–Crippen LogP) is 6.52. The molecule has 31 heavy (non-hydrogen) atoms. The van der Waals surface area contributed by atoms with Crippen LogP contribution in [0.3, 0.4) is 0 Å². The molecule has 8 heteroatoms. The average molecular weight is 444 g/mol. The van der Waals surface area contributed by atoms with Crippen molar-refractivity contribution in [3.8, 4) is 11.5 Å². The van der Waals surface area contributed by atoms with Crippen LogP contribution in [0.15, 0.2) is 77.2 Å². The Balaban J connectivity index is 1.40. The van der Waals surface area contributed by atoms with Crippen molar-refractivity contribution in [2.75, 3.05) is 5.32 Å². The lowest BCUT2D eigenvalue weighted by molar-refractivity contribution is -0.0497. The summed E-state index contributed by atoms with van der Waals surface area (Å²) in [4.78, 5) is 12.4. The Morgan fingerprint density at radius 2 is 1.81 bits per heavy atom. The molecule has 0 radical (unpaired) electrons. The number of fused-ring (bicyclic) bond motifs is 1. The van der Waals surface area contributed by atoms with E-state index in [1.807, 2.05) is 42.5 Å². The van der Waals surface area contributed by atoms with Crippen LogP contribution in [0.4, 0.5) is 14.5 Å². The molecule has 5 nitrogen and oxygen atoms in total. The van der Waals surface area contributed by atoms with Gasteiger partial charge in [-0.05, 0) is 41.8 Å². The van der Waals surface area contributed by atoms with E-state index >= 15 is 0 Å². The molecule has 0 saturated heterocycles.